The Morgan fingerprint density at radius 3 is 2.75 bits per heavy atom. The number of ether oxygens (including phenoxy) is 1. The molecule has 0 amide bonds. The Morgan fingerprint density at radius 1 is 1.30 bits per heavy atom. The van der Waals surface area contributed by atoms with Gasteiger partial charge in [-0.05, 0) is 26.0 Å². The van der Waals surface area contributed by atoms with Crippen LogP contribution in [0.25, 0.3) is 0 Å². The summed E-state index contributed by atoms with van der Waals surface area (Å²) in [6.07, 6.45) is 0. The lowest BCUT2D eigenvalue weighted by atomic mass is 10.2. The van der Waals surface area contributed by atoms with Crippen molar-refractivity contribution in [3.8, 4) is 5.88 Å². The van der Waals surface area contributed by atoms with Crippen LogP contribution in [0.3, 0.4) is 0 Å². The van der Waals surface area contributed by atoms with Gasteiger partial charge in [0, 0.05) is 17.3 Å². The maximum Gasteiger partial charge on any atom is 0.277 e. The van der Waals surface area contributed by atoms with Crippen molar-refractivity contribution in [2.45, 2.75) is 20.5 Å². The van der Waals surface area contributed by atoms with Crippen LogP contribution in [-0.4, -0.2) is 9.91 Å². The summed E-state index contributed by atoms with van der Waals surface area (Å²) in [5.41, 5.74) is 1.98. The van der Waals surface area contributed by atoms with Crippen LogP contribution < -0.4 is 4.74 Å². The number of nitro groups is 1. The van der Waals surface area contributed by atoms with Crippen LogP contribution in [0.15, 0.2) is 30.3 Å². The van der Waals surface area contributed by atoms with E-state index in [0.29, 0.717) is 16.5 Å². The molecule has 0 saturated carbocycles. The fourth-order valence-corrected chi connectivity index (χ4v) is 1.97. The molecule has 0 fully saturated rings. The van der Waals surface area contributed by atoms with E-state index in [0.717, 1.165) is 11.3 Å². The van der Waals surface area contributed by atoms with Crippen LogP contribution in [0.4, 0.5) is 5.69 Å². The van der Waals surface area contributed by atoms with E-state index in [2.05, 4.69) is 4.98 Å². The highest BCUT2D eigenvalue weighted by Crippen LogP contribution is 2.27. The highest BCUT2D eigenvalue weighted by Gasteiger charge is 2.17. The second-order valence-corrected chi connectivity index (χ2v) is 4.77. The molecule has 0 atom stereocenters. The van der Waals surface area contributed by atoms with Gasteiger partial charge in [-0.25, -0.2) is 4.98 Å². The van der Waals surface area contributed by atoms with Crippen molar-refractivity contribution in [2.24, 2.45) is 0 Å². The number of rotatable bonds is 4. The lowest BCUT2D eigenvalue weighted by Gasteiger charge is -2.10. The van der Waals surface area contributed by atoms with E-state index in [4.69, 9.17) is 16.3 Å². The molecule has 0 aliphatic rings. The highest BCUT2D eigenvalue weighted by molar-refractivity contribution is 6.31. The Morgan fingerprint density at radius 2 is 2.05 bits per heavy atom. The summed E-state index contributed by atoms with van der Waals surface area (Å²) < 4.78 is 5.58. The van der Waals surface area contributed by atoms with Crippen molar-refractivity contribution in [1.82, 2.24) is 4.98 Å². The Bertz CT molecular complexity index is 659. The predicted octanol–water partition coefficient (Wildman–Crippen LogP) is 3.84. The molecular weight excluding hydrogens is 280 g/mol. The topological polar surface area (TPSA) is 65.3 Å². The first-order valence-electron chi connectivity index (χ1n) is 5.98. The number of pyridine rings is 1. The predicted molar refractivity (Wildman–Crippen MR) is 76.1 cm³/mol. The number of aromatic nitrogens is 1. The third-order valence-corrected chi connectivity index (χ3v) is 3.19. The molecule has 0 unspecified atom stereocenters. The van der Waals surface area contributed by atoms with Gasteiger partial charge in [-0.3, -0.25) is 10.1 Å². The van der Waals surface area contributed by atoms with E-state index < -0.39 is 4.92 Å². The van der Waals surface area contributed by atoms with Crippen molar-refractivity contribution in [3.63, 3.8) is 0 Å². The molecule has 0 N–H and O–H groups in total. The number of hydrogen-bond acceptors (Lipinski definition) is 4. The molecule has 0 spiro atoms. The van der Waals surface area contributed by atoms with E-state index >= 15 is 0 Å². The Balaban J connectivity index is 2.27. The molecule has 5 nitrogen and oxygen atoms in total. The first-order chi connectivity index (χ1) is 9.49. The maximum absolute atomic E-state index is 11.0. The van der Waals surface area contributed by atoms with E-state index in [1.165, 1.54) is 6.07 Å². The molecule has 0 saturated heterocycles. The largest absolute Gasteiger partial charge is 0.472 e. The van der Waals surface area contributed by atoms with Crippen LogP contribution in [0, 0.1) is 24.0 Å². The average Bonchev–Trinajstić information content (AvgIpc) is 2.40. The third-order valence-electron chi connectivity index (χ3n) is 2.83. The van der Waals surface area contributed by atoms with E-state index in [9.17, 15) is 10.1 Å². The molecule has 20 heavy (non-hydrogen) atoms. The van der Waals surface area contributed by atoms with Gasteiger partial charge >= 0.3 is 0 Å². The van der Waals surface area contributed by atoms with E-state index in [1.54, 1.807) is 12.1 Å². The Hall–Kier alpha value is -2.14. The van der Waals surface area contributed by atoms with E-state index in [1.807, 2.05) is 26.0 Å². The summed E-state index contributed by atoms with van der Waals surface area (Å²) in [5.74, 6) is 0.458. The lowest BCUT2D eigenvalue weighted by molar-refractivity contribution is -0.385. The Labute approximate surface area is 121 Å². The van der Waals surface area contributed by atoms with Crippen LogP contribution >= 0.6 is 11.6 Å². The number of aryl methyl sites for hydroxylation is 2. The molecular formula is C14H13ClN2O3. The van der Waals surface area contributed by atoms with Gasteiger partial charge in [-0.1, -0.05) is 23.7 Å². The van der Waals surface area contributed by atoms with Gasteiger partial charge in [0.25, 0.3) is 5.69 Å². The van der Waals surface area contributed by atoms with Crippen molar-refractivity contribution >= 4 is 17.3 Å². The van der Waals surface area contributed by atoms with Crippen LogP contribution in [-0.2, 0) is 6.61 Å². The fourth-order valence-electron chi connectivity index (χ4n) is 1.75. The van der Waals surface area contributed by atoms with Crippen LogP contribution in [0.5, 0.6) is 5.88 Å². The van der Waals surface area contributed by atoms with Crippen molar-refractivity contribution < 1.29 is 9.66 Å². The average molecular weight is 293 g/mol. The molecule has 1 heterocycles. The quantitative estimate of drug-likeness (QED) is 0.634. The summed E-state index contributed by atoms with van der Waals surface area (Å²) in [5, 5.41) is 11.3. The molecule has 0 aliphatic carbocycles. The zero-order valence-corrected chi connectivity index (χ0v) is 11.8. The molecule has 0 aliphatic heterocycles. The molecule has 0 radical (unpaired) electrons. The number of halogens is 1. The molecule has 0 bridgehead atoms. The zero-order valence-electron chi connectivity index (χ0n) is 11.1. The molecule has 1 aromatic carbocycles. The zero-order chi connectivity index (χ0) is 14.7. The number of nitro benzene ring substituents is 1. The molecule has 2 rings (SSSR count). The van der Waals surface area contributed by atoms with Crippen LogP contribution in [0.1, 0.15) is 16.8 Å². The first kappa shape index (κ1) is 14.3. The molecule has 6 heteroatoms. The maximum atomic E-state index is 11.0. The lowest BCUT2D eigenvalue weighted by Crippen LogP contribution is -2.04. The summed E-state index contributed by atoms with van der Waals surface area (Å²) >= 11 is 6.01. The molecule has 1 aromatic heterocycles. The van der Waals surface area contributed by atoms with Gasteiger partial charge in [0.2, 0.25) is 5.88 Å². The summed E-state index contributed by atoms with van der Waals surface area (Å²) in [6, 6.07) is 8.31. The van der Waals surface area contributed by atoms with Gasteiger partial charge in [0.15, 0.2) is 0 Å². The minimum atomic E-state index is -0.471. The first-order valence-corrected chi connectivity index (χ1v) is 6.35. The number of benzene rings is 1. The summed E-state index contributed by atoms with van der Waals surface area (Å²) in [7, 11) is 0. The third kappa shape index (κ3) is 3.05. The highest BCUT2D eigenvalue weighted by atomic mass is 35.5. The summed E-state index contributed by atoms with van der Waals surface area (Å²) in [4.78, 5) is 14.8. The normalized spacial score (nSPS) is 10.3. The second kappa shape index (κ2) is 5.88. The number of hydrogen-bond donors (Lipinski definition) is 0. The minimum absolute atomic E-state index is 0.00722. The van der Waals surface area contributed by atoms with Gasteiger partial charge < -0.3 is 4.74 Å². The Kier molecular flexibility index (Phi) is 4.20. The molecule has 104 valence electrons. The molecule has 2 aromatic rings. The van der Waals surface area contributed by atoms with Gasteiger partial charge in [0.05, 0.1) is 15.5 Å². The van der Waals surface area contributed by atoms with Gasteiger partial charge in [-0.2, -0.15) is 0 Å². The monoisotopic (exact) mass is 292 g/mol. The van der Waals surface area contributed by atoms with Gasteiger partial charge in [0.1, 0.15) is 6.61 Å². The van der Waals surface area contributed by atoms with E-state index in [-0.39, 0.29) is 12.3 Å². The van der Waals surface area contributed by atoms with Crippen molar-refractivity contribution in [3.05, 3.63) is 62.3 Å². The number of nitrogens with zero attached hydrogens (tertiary/aromatic N) is 2. The smallest absolute Gasteiger partial charge is 0.277 e. The van der Waals surface area contributed by atoms with Gasteiger partial charge in [-0.15, -0.1) is 0 Å². The standard InChI is InChI=1S/C14H13ClN2O3/c1-9-6-7-10(2)16-14(9)20-8-11-12(15)4-3-5-13(11)17(18)19/h3-7H,8H2,1-2H3. The van der Waals surface area contributed by atoms with Crippen LogP contribution in [0.2, 0.25) is 5.02 Å². The summed E-state index contributed by atoms with van der Waals surface area (Å²) in [6.45, 7) is 3.72. The minimum Gasteiger partial charge on any atom is -0.472 e. The van der Waals surface area contributed by atoms with Crippen molar-refractivity contribution in [1.29, 1.82) is 0 Å². The SMILES string of the molecule is Cc1ccc(C)c(OCc2c(Cl)cccc2[N+](=O)[O-])n1. The van der Waals surface area contributed by atoms with Crippen molar-refractivity contribution in [2.75, 3.05) is 0 Å². The fraction of sp³-hybridized carbons (Fsp3) is 0.214. The second-order valence-electron chi connectivity index (χ2n) is 4.36.